The third-order valence-corrected chi connectivity index (χ3v) is 4.17. The number of rotatable bonds is 4. The van der Waals surface area contributed by atoms with Gasteiger partial charge in [-0.1, -0.05) is 23.2 Å². The van der Waals surface area contributed by atoms with E-state index in [0.29, 0.717) is 15.7 Å². The topological polar surface area (TPSA) is 29.1 Å². The molecule has 0 saturated carbocycles. The number of hydrogen-bond donors (Lipinski definition) is 1. The van der Waals surface area contributed by atoms with Crippen molar-refractivity contribution in [2.75, 3.05) is 5.32 Å². The summed E-state index contributed by atoms with van der Waals surface area (Å²) < 4.78 is 12.8. The predicted molar refractivity (Wildman–Crippen MR) is 86.8 cm³/mol. The molecule has 0 aliphatic rings. The molecule has 0 unspecified atom stereocenters. The first-order valence-electron chi connectivity index (χ1n) is 6.13. The number of halogens is 3. The van der Waals surface area contributed by atoms with Gasteiger partial charge >= 0.3 is 0 Å². The molecule has 0 aromatic heterocycles. The largest absolute Gasteiger partial charge is 0.325 e. The maximum atomic E-state index is 12.8. The number of hydrogen-bond acceptors (Lipinski definition) is 2. The lowest BCUT2D eigenvalue weighted by Crippen LogP contribution is -2.22. The Bertz CT molecular complexity index is 628. The van der Waals surface area contributed by atoms with Gasteiger partial charge in [0.2, 0.25) is 5.91 Å². The Balaban J connectivity index is 2.00. The van der Waals surface area contributed by atoms with Crippen molar-refractivity contribution in [2.45, 2.75) is 17.1 Å². The first-order valence-corrected chi connectivity index (χ1v) is 7.77. The molecule has 0 heterocycles. The fourth-order valence-corrected chi connectivity index (χ4v) is 3.03. The van der Waals surface area contributed by atoms with Crippen LogP contribution in [0.3, 0.4) is 0 Å². The van der Waals surface area contributed by atoms with Crippen LogP contribution in [0.1, 0.15) is 6.92 Å². The molecule has 2 rings (SSSR count). The molecule has 1 atom stereocenters. The van der Waals surface area contributed by atoms with Crippen LogP contribution in [0.15, 0.2) is 47.4 Å². The zero-order valence-electron chi connectivity index (χ0n) is 11.1. The molecule has 1 amide bonds. The highest BCUT2D eigenvalue weighted by Gasteiger charge is 2.15. The molecule has 6 heteroatoms. The van der Waals surface area contributed by atoms with Crippen molar-refractivity contribution in [1.82, 2.24) is 0 Å². The summed E-state index contributed by atoms with van der Waals surface area (Å²) in [6, 6.07) is 10.9. The van der Waals surface area contributed by atoms with Gasteiger partial charge in [0.05, 0.1) is 5.25 Å². The molecule has 0 aliphatic carbocycles. The molecular weight excluding hydrogens is 332 g/mol. The molecule has 1 N–H and O–H groups in total. The molecular formula is C15H12Cl2FNOS. The molecule has 21 heavy (non-hydrogen) atoms. The summed E-state index contributed by atoms with van der Waals surface area (Å²) in [7, 11) is 0. The van der Waals surface area contributed by atoms with Gasteiger partial charge in [-0.05, 0) is 49.4 Å². The van der Waals surface area contributed by atoms with Crippen molar-refractivity contribution in [3.8, 4) is 0 Å². The van der Waals surface area contributed by atoms with E-state index < -0.39 is 0 Å². The van der Waals surface area contributed by atoms with E-state index in [1.165, 1.54) is 23.9 Å². The first-order chi connectivity index (χ1) is 9.94. The third-order valence-electron chi connectivity index (χ3n) is 2.63. The zero-order valence-corrected chi connectivity index (χ0v) is 13.4. The molecule has 0 bridgehead atoms. The van der Waals surface area contributed by atoms with E-state index in [4.69, 9.17) is 23.2 Å². The van der Waals surface area contributed by atoms with E-state index in [-0.39, 0.29) is 17.0 Å². The summed E-state index contributed by atoms with van der Waals surface area (Å²) in [4.78, 5) is 12.9. The first kappa shape index (κ1) is 16.1. The summed E-state index contributed by atoms with van der Waals surface area (Å²) in [5, 5.41) is 3.32. The maximum Gasteiger partial charge on any atom is 0.237 e. The second kappa shape index (κ2) is 7.16. The van der Waals surface area contributed by atoms with Gasteiger partial charge < -0.3 is 5.32 Å². The van der Waals surface area contributed by atoms with Gasteiger partial charge in [0.15, 0.2) is 0 Å². The van der Waals surface area contributed by atoms with E-state index in [1.54, 1.807) is 37.3 Å². The summed E-state index contributed by atoms with van der Waals surface area (Å²) in [6.07, 6.45) is 0. The minimum absolute atomic E-state index is 0.178. The Morgan fingerprint density at radius 1 is 1.14 bits per heavy atom. The Morgan fingerprint density at radius 2 is 1.71 bits per heavy atom. The van der Waals surface area contributed by atoms with Crippen LogP contribution in [-0.2, 0) is 4.79 Å². The Labute approximate surface area is 136 Å². The second-order valence-corrected chi connectivity index (χ2v) is 6.65. The minimum Gasteiger partial charge on any atom is -0.325 e. The highest BCUT2D eigenvalue weighted by atomic mass is 35.5. The number of thioether (sulfide) groups is 1. The average molecular weight is 344 g/mol. The van der Waals surface area contributed by atoms with Crippen molar-refractivity contribution < 1.29 is 9.18 Å². The summed E-state index contributed by atoms with van der Waals surface area (Å²) in [6.45, 7) is 1.77. The van der Waals surface area contributed by atoms with Crippen LogP contribution >= 0.6 is 35.0 Å². The van der Waals surface area contributed by atoms with Gasteiger partial charge in [-0.15, -0.1) is 11.8 Å². The Hall–Kier alpha value is -1.23. The lowest BCUT2D eigenvalue weighted by molar-refractivity contribution is -0.115. The van der Waals surface area contributed by atoms with E-state index in [0.717, 1.165) is 4.90 Å². The van der Waals surface area contributed by atoms with E-state index >= 15 is 0 Å². The molecule has 2 aromatic rings. The van der Waals surface area contributed by atoms with Gasteiger partial charge in [0, 0.05) is 20.6 Å². The van der Waals surface area contributed by atoms with Crippen molar-refractivity contribution >= 4 is 46.6 Å². The molecule has 0 aliphatic heterocycles. The number of benzene rings is 2. The SMILES string of the molecule is C[C@@H](Sc1ccc(F)cc1)C(=O)Nc1cc(Cl)cc(Cl)c1. The number of amides is 1. The molecule has 110 valence electrons. The standard InChI is InChI=1S/C15H12Cl2FNOS/c1-9(21-14-4-2-12(18)3-5-14)15(20)19-13-7-10(16)6-11(17)8-13/h2-9H,1H3,(H,19,20)/t9-/m1/s1. The quantitative estimate of drug-likeness (QED) is 0.768. The molecule has 0 radical (unpaired) electrons. The van der Waals surface area contributed by atoms with E-state index in [2.05, 4.69) is 5.32 Å². The van der Waals surface area contributed by atoms with Gasteiger partial charge in [-0.2, -0.15) is 0 Å². The normalized spacial score (nSPS) is 12.0. The summed E-state index contributed by atoms with van der Waals surface area (Å²) >= 11 is 13.1. The van der Waals surface area contributed by atoms with Crippen LogP contribution in [0.5, 0.6) is 0 Å². The van der Waals surface area contributed by atoms with Crippen LogP contribution < -0.4 is 5.32 Å². The van der Waals surface area contributed by atoms with Crippen LogP contribution in [0.25, 0.3) is 0 Å². The van der Waals surface area contributed by atoms with Crippen molar-refractivity contribution in [3.05, 3.63) is 58.3 Å². The number of carbonyl (C=O) groups is 1. The Morgan fingerprint density at radius 3 is 2.29 bits per heavy atom. The number of carbonyl (C=O) groups excluding carboxylic acids is 1. The summed E-state index contributed by atoms with van der Waals surface area (Å²) in [5.74, 6) is -0.479. The number of anilines is 1. The fourth-order valence-electron chi connectivity index (χ4n) is 1.64. The smallest absolute Gasteiger partial charge is 0.237 e. The van der Waals surface area contributed by atoms with Gasteiger partial charge in [-0.3, -0.25) is 4.79 Å². The lowest BCUT2D eigenvalue weighted by Gasteiger charge is -2.12. The van der Waals surface area contributed by atoms with Crippen molar-refractivity contribution in [2.24, 2.45) is 0 Å². The average Bonchev–Trinajstić information content (AvgIpc) is 2.40. The summed E-state index contributed by atoms with van der Waals surface area (Å²) in [5.41, 5.74) is 0.545. The van der Waals surface area contributed by atoms with E-state index in [9.17, 15) is 9.18 Å². The van der Waals surface area contributed by atoms with Crippen LogP contribution in [0, 0.1) is 5.82 Å². The van der Waals surface area contributed by atoms with Gasteiger partial charge in [-0.25, -0.2) is 4.39 Å². The third kappa shape index (κ3) is 4.92. The second-order valence-electron chi connectivity index (χ2n) is 4.36. The predicted octanol–water partition coefficient (Wildman–Crippen LogP) is 5.25. The molecule has 0 spiro atoms. The monoisotopic (exact) mass is 343 g/mol. The van der Waals surface area contributed by atoms with Crippen molar-refractivity contribution in [3.63, 3.8) is 0 Å². The molecule has 0 fully saturated rings. The Kier molecular flexibility index (Phi) is 5.51. The fraction of sp³-hybridized carbons (Fsp3) is 0.133. The zero-order chi connectivity index (χ0) is 15.4. The lowest BCUT2D eigenvalue weighted by atomic mass is 10.3. The van der Waals surface area contributed by atoms with E-state index in [1.807, 2.05) is 0 Å². The molecule has 2 aromatic carbocycles. The maximum absolute atomic E-state index is 12.8. The van der Waals surface area contributed by atoms with Crippen LogP contribution in [-0.4, -0.2) is 11.2 Å². The van der Waals surface area contributed by atoms with Gasteiger partial charge in [0.1, 0.15) is 5.82 Å². The number of nitrogens with one attached hydrogen (secondary N) is 1. The van der Waals surface area contributed by atoms with Gasteiger partial charge in [0.25, 0.3) is 0 Å². The minimum atomic E-state index is -0.340. The molecule has 2 nitrogen and oxygen atoms in total. The van der Waals surface area contributed by atoms with Crippen LogP contribution in [0.2, 0.25) is 10.0 Å². The highest BCUT2D eigenvalue weighted by molar-refractivity contribution is 8.00. The van der Waals surface area contributed by atoms with Crippen molar-refractivity contribution in [1.29, 1.82) is 0 Å². The highest BCUT2D eigenvalue weighted by Crippen LogP contribution is 2.26. The molecule has 0 saturated heterocycles. The van der Waals surface area contributed by atoms with Crippen LogP contribution in [0.4, 0.5) is 10.1 Å².